The lowest BCUT2D eigenvalue weighted by Gasteiger charge is -2.31. The van der Waals surface area contributed by atoms with Gasteiger partial charge in [0.1, 0.15) is 6.04 Å². The Labute approximate surface area is 143 Å². The first kappa shape index (κ1) is 20.1. The monoisotopic (exact) mass is 355 g/mol. The van der Waals surface area contributed by atoms with Crippen LogP contribution >= 0.6 is 0 Å². The summed E-state index contributed by atoms with van der Waals surface area (Å²) in [7, 11) is -2.09. The first-order valence-electron chi connectivity index (χ1n) is 7.63. The standard InChI is InChI=1S/C16H25N3O4S/c1-13(2)15(16(20)18-21)19(12-14-8-5-4-6-9-14)24(22,23)11-7-10-17-3/h4-10,13,15,17,21H,11-12H2,1-3H3,(H,18,20). The zero-order chi connectivity index (χ0) is 18.2. The third-order valence-electron chi connectivity index (χ3n) is 3.45. The van der Waals surface area contributed by atoms with E-state index in [1.54, 1.807) is 50.6 Å². The van der Waals surface area contributed by atoms with Gasteiger partial charge in [-0.2, -0.15) is 4.31 Å². The van der Waals surface area contributed by atoms with Gasteiger partial charge in [-0.05, 0) is 17.7 Å². The second-order valence-corrected chi connectivity index (χ2v) is 7.63. The average molecular weight is 355 g/mol. The number of rotatable bonds is 9. The molecule has 1 amide bonds. The number of sulfonamides is 1. The molecule has 134 valence electrons. The number of hydrogen-bond acceptors (Lipinski definition) is 5. The molecule has 0 aliphatic rings. The predicted octanol–water partition coefficient (Wildman–Crippen LogP) is 1.08. The van der Waals surface area contributed by atoms with Gasteiger partial charge in [-0.15, -0.1) is 0 Å². The topological polar surface area (TPSA) is 98.7 Å². The van der Waals surface area contributed by atoms with Crippen LogP contribution in [0.25, 0.3) is 0 Å². The lowest BCUT2D eigenvalue weighted by molar-refractivity contribution is -0.134. The van der Waals surface area contributed by atoms with Gasteiger partial charge < -0.3 is 5.32 Å². The number of carbonyl (C=O) groups excluding carboxylic acids is 1. The summed E-state index contributed by atoms with van der Waals surface area (Å²) in [6.45, 7) is 3.51. The van der Waals surface area contributed by atoms with E-state index in [-0.39, 0.29) is 18.2 Å². The number of benzene rings is 1. The Bertz CT molecular complexity index is 645. The number of nitrogens with zero attached hydrogens (tertiary/aromatic N) is 1. The first-order valence-corrected chi connectivity index (χ1v) is 9.24. The Hall–Kier alpha value is -1.90. The molecule has 1 aromatic rings. The van der Waals surface area contributed by atoms with E-state index in [2.05, 4.69) is 5.32 Å². The Kier molecular flexibility index (Phi) is 7.90. The molecule has 1 rings (SSSR count). The maximum Gasteiger partial charge on any atom is 0.262 e. The van der Waals surface area contributed by atoms with E-state index in [0.29, 0.717) is 0 Å². The second kappa shape index (κ2) is 9.41. The zero-order valence-corrected chi connectivity index (χ0v) is 15.0. The van der Waals surface area contributed by atoms with Crippen LogP contribution in [0.5, 0.6) is 0 Å². The highest BCUT2D eigenvalue weighted by atomic mass is 32.2. The van der Waals surface area contributed by atoms with E-state index in [4.69, 9.17) is 5.21 Å². The van der Waals surface area contributed by atoms with Gasteiger partial charge in [-0.3, -0.25) is 10.0 Å². The highest BCUT2D eigenvalue weighted by molar-refractivity contribution is 7.89. The summed E-state index contributed by atoms with van der Waals surface area (Å²) in [5, 5.41) is 11.7. The SMILES string of the molecule is CNC=CCS(=O)(=O)N(Cc1ccccc1)C(C(=O)NO)C(C)C. The Morgan fingerprint density at radius 2 is 1.92 bits per heavy atom. The highest BCUT2D eigenvalue weighted by Gasteiger charge is 2.36. The molecular weight excluding hydrogens is 330 g/mol. The molecule has 24 heavy (non-hydrogen) atoms. The Morgan fingerprint density at radius 3 is 2.42 bits per heavy atom. The molecule has 0 saturated carbocycles. The molecule has 3 N–H and O–H groups in total. The smallest absolute Gasteiger partial charge is 0.262 e. The van der Waals surface area contributed by atoms with Gasteiger partial charge in [-0.1, -0.05) is 50.3 Å². The summed E-state index contributed by atoms with van der Waals surface area (Å²) in [5.74, 6) is -1.31. The van der Waals surface area contributed by atoms with Crippen molar-refractivity contribution in [1.82, 2.24) is 15.1 Å². The van der Waals surface area contributed by atoms with Crippen molar-refractivity contribution in [3.63, 3.8) is 0 Å². The first-order chi connectivity index (χ1) is 11.3. The van der Waals surface area contributed by atoms with E-state index in [0.717, 1.165) is 9.87 Å². The maximum absolute atomic E-state index is 12.8. The van der Waals surface area contributed by atoms with Crippen molar-refractivity contribution < 1.29 is 18.4 Å². The molecule has 0 bridgehead atoms. The lowest BCUT2D eigenvalue weighted by Crippen LogP contribution is -2.51. The van der Waals surface area contributed by atoms with Crippen LogP contribution in [0, 0.1) is 5.92 Å². The minimum absolute atomic E-state index is 0.0484. The molecule has 0 aliphatic carbocycles. The van der Waals surface area contributed by atoms with E-state index in [1.165, 1.54) is 12.3 Å². The highest BCUT2D eigenvalue weighted by Crippen LogP contribution is 2.20. The van der Waals surface area contributed by atoms with Crippen LogP contribution in [0.2, 0.25) is 0 Å². The normalized spacial score (nSPS) is 13.4. The minimum Gasteiger partial charge on any atom is -0.394 e. The molecular formula is C16H25N3O4S. The summed E-state index contributed by atoms with van der Waals surface area (Å²) in [6.07, 6.45) is 3.00. The van der Waals surface area contributed by atoms with E-state index >= 15 is 0 Å². The van der Waals surface area contributed by atoms with Crippen LogP contribution in [-0.2, 0) is 21.4 Å². The van der Waals surface area contributed by atoms with Crippen LogP contribution < -0.4 is 10.8 Å². The third-order valence-corrected chi connectivity index (χ3v) is 5.13. The molecule has 0 aromatic heterocycles. The fraction of sp³-hybridized carbons (Fsp3) is 0.438. The molecule has 0 saturated heterocycles. The number of carbonyl (C=O) groups is 1. The van der Waals surface area contributed by atoms with E-state index < -0.39 is 22.0 Å². The van der Waals surface area contributed by atoms with Gasteiger partial charge in [-0.25, -0.2) is 13.9 Å². The largest absolute Gasteiger partial charge is 0.394 e. The average Bonchev–Trinajstić information content (AvgIpc) is 2.54. The van der Waals surface area contributed by atoms with Gasteiger partial charge in [0.15, 0.2) is 0 Å². The molecule has 0 heterocycles. The molecule has 8 heteroatoms. The van der Waals surface area contributed by atoms with Crippen LogP contribution in [0.1, 0.15) is 19.4 Å². The zero-order valence-electron chi connectivity index (χ0n) is 14.1. The quantitative estimate of drug-likeness (QED) is 0.455. The third kappa shape index (κ3) is 5.63. The molecule has 0 spiro atoms. The number of hydrogen-bond donors (Lipinski definition) is 3. The van der Waals surface area contributed by atoms with Gasteiger partial charge in [0, 0.05) is 13.6 Å². The number of nitrogens with one attached hydrogen (secondary N) is 2. The summed E-state index contributed by atoms with van der Waals surface area (Å²) in [5.41, 5.74) is 2.34. The number of amides is 1. The minimum atomic E-state index is -3.76. The summed E-state index contributed by atoms with van der Waals surface area (Å²) < 4.78 is 26.7. The summed E-state index contributed by atoms with van der Waals surface area (Å²) in [4.78, 5) is 12.1. The molecule has 0 aliphatic heterocycles. The van der Waals surface area contributed by atoms with Gasteiger partial charge in [0.05, 0.1) is 5.75 Å². The fourth-order valence-electron chi connectivity index (χ4n) is 2.35. The van der Waals surface area contributed by atoms with Crippen LogP contribution in [-0.4, -0.2) is 42.7 Å². The predicted molar refractivity (Wildman–Crippen MR) is 92.5 cm³/mol. The molecule has 0 radical (unpaired) electrons. The van der Waals surface area contributed by atoms with Crippen molar-refractivity contribution in [2.24, 2.45) is 5.92 Å². The van der Waals surface area contributed by atoms with Crippen molar-refractivity contribution in [2.75, 3.05) is 12.8 Å². The van der Waals surface area contributed by atoms with Crippen molar-refractivity contribution in [1.29, 1.82) is 0 Å². The van der Waals surface area contributed by atoms with Crippen molar-refractivity contribution in [2.45, 2.75) is 26.4 Å². The van der Waals surface area contributed by atoms with Gasteiger partial charge in [0.25, 0.3) is 5.91 Å². The summed E-state index contributed by atoms with van der Waals surface area (Å²) >= 11 is 0. The molecule has 0 fully saturated rings. The Balaban J connectivity index is 3.23. The van der Waals surface area contributed by atoms with Gasteiger partial charge >= 0.3 is 0 Å². The van der Waals surface area contributed by atoms with Crippen LogP contribution in [0.15, 0.2) is 42.6 Å². The molecule has 1 unspecified atom stereocenters. The molecule has 1 atom stereocenters. The van der Waals surface area contributed by atoms with Crippen molar-refractivity contribution in [3.8, 4) is 0 Å². The van der Waals surface area contributed by atoms with Crippen molar-refractivity contribution >= 4 is 15.9 Å². The number of hydroxylamine groups is 1. The second-order valence-electron chi connectivity index (χ2n) is 5.67. The molecule has 1 aromatic carbocycles. The van der Waals surface area contributed by atoms with Gasteiger partial charge in [0.2, 0.25) is 10.0 Å². The van der Waals surface area contributed by atoms with Crippen LogP contribution in [0.4, 0.5) is 0 Å². The lowest BCUT2D eigenvalue weighted by atomic mass is 10.0. The summed E-state index contributed by atoms with van der Waals surface area (Å²) in [6, 6.07) is 8.01. The Morgan fingerprint density at radius 1 is 1.29 bits per heavy atom. The maximum atomic E-state index is 12.8. The van der Waals surface area contributed by atoms with E-state index in [9.17, 15) is 13.2 Å². The fourth-order valence-corrected chi connectivity index (χ4v) is 3.91. The molecule has 7 nitrogen and oxygen atoms in total. The van der Waals surface area contributed by atoms with Crippen LogP contribution in [0.3, 0.4) is 0 Å². The van der Waals surface area contributed by atoms with Crippen molar-refractivity contribution in [3.05, 3.63) is 48.2 Å². The van der Waals surface area contributed by atoms with E-state index in [1.807, 2.05) is 6.07 Å².